The molecule has 0 aliphatic carbocycles. The molecule has 0 radical (unpaired) electrons. The molecule has 0 aliphatic heterocycles. The Morgan fingerprint density at radius 1 is 1.60 bits per heavy atom. The zero-order valence-electron chi connectivity index (χ0n) is 9.15. The first kappa shape index (κ1) is 11.5. The topological polar surface area (TPSA) is 59.4 Å². The molecule has 82 valence electrons. The summed E-state index contributed by atoms with van der Waals surface area (Å²) in [5, 5.41) is 8.69. The van der Waals surface area contributed by atoms with Crippen LogP contribution in [0.5, 0.6) is 5.88 Å². The summed E-state index contributed by atoms with van der Waals surface area (Å²) in [6, 6.07) is 3.66. The van der Waals surface area contributed by atoms with Crippen LogP contribution in [0.3, 0.4) is 0 Å². The van der Waals surface area contributed by atoms with Crippen molar-refractivity contribution in [2.45, 2.75) is 26.2 Å². The third kappa shape index (κ3) is 3.23. The van der Waals surface area contributed by atoms with Crippen molar-refractivity contribution in [3.63, 3.8) is 0 Å². The molecule has 1 heterocycles. The molecule has 4 nitrogen and oxygen atoms in total. The Bertz CT molecular complexity index is 363. The molecule has 1 rings (SSSR count). The smallest absolute Gasteiger partial charge is 0.303 e. The Morgan fingerprint density at radius 3 is 2.80 bits per heavy atom. The van der Waals surface area contributed by atoms with Crippen LogP contribution in [0.4, 0.5) is 0 Å². The zero-order valence-corrected chi connectivity index (χ0v) is 9.15. The van der Waals surface area contributed by atoms with Crippen LogP contribution in [0.1, 0.15) is 30.5 Å². The summed E-state index contributed by atoms with van der Waals surface area (Å²) >= 11 is 0. The summed E-state index contributed by atoms with van der Waals surface area (Å²) in [5.41, 5.74) is 1.78. The van der Waals surface area contributed by atoms with Crippen molar-refractivity contribution < 1.29 is 14.6 Å². The van der Waals surface area contributed by atoms with Gasteiger partial charge in [0, 0.05) is 11.8 Å². The van der Waals surface area contributed by atoms with Gasteiger partial charge in [0.15, 0.2) is 0 Å². The first-order valence-electron chi connectivity index (χ1n) is 4.77. The Morgan fingerprint density at radius 2 is 2.27 bits per heavy atom. The molecule has 0 saturated heterocycles. The van der Waals surface area contributed by atoms with Crippen LogP contribution in [0.25, 0.3) is 0 Å². The first-order valence-corrected chi connectivity index (χ1v) is 4.77. The van der Waals surface area contributed by atoms with Crippen LogP contribution in [0.2, 0.25) is 0 Å². The Labute approximate surface area is 88.9 Å². The molecule has 0 spiro atoms. The number of aryl methyl sites for hydroxylation is 1. The maximum atomic E-state index is 10.6. The van der Waals surface area contributed by atoms with E-state index in [1.807, 2.05) is 19.9 Å². The Hall–Kier alpha value is -1.58. The van der Waals surface area contributed by atoms with E-state index in [0.717, 1.165) is 11.3 Å². The van der Waals surface area contributed by atoms with E-state index in [4.69, 9.17) is 9.84 Å². The highest BCUT2D eigenvalue weighted by Crippen LogP contribution is 2.22. The fourth-order valence-corrected chi connectivity index (χ4v) is 1.43. The van der Waals surface area contributed by atoms with Crippen molar-refractivity contribution >= 4 is 5.97 Å². The van der Waals surface area contributed by atoms with Gasteiger partial charge in [0.2, 0.25) is 5.88 Å². The van der Waals surface area contributed by atoms with Gasteiger partial charge in [-0.15, -0.1) is 0 Å². The molecular formula is C11H15NO3. The molecule has 15 heavy (non-hydrogen) atoms. The SMILES string of the molecule is COc1cc(C(C)CC(=O)O)cc(C)n1. The van der Waals surface area contributed by atoms with Crippen molar-refractivity contribution in [3.05, 3.63) is 23.4 Å². The number of carbonyl (C=O) groups is 1. The number of carboxylic acid groups (broad SMARTS) is 1. The normalized spacial score (nSPS) is 12.2. The van der Waals surface area contributed by atoms with Crippen LogP contribution in [0, 0.1) is 6.92 Å². The lowest BCUT2D eigenvalue weighted by Gasteiger charge is -2.11. The van der Waals surface area contributed by atoms with Gasteiger partial charge in [-0.05, 0) is 24.5 Å². The number of rotatable bonds is 4. The van der Waals surface area contributed by atoms with Crippen molar-refractivity contribution in [2.24, 2.45) is 0 Å². The van der Waals surface area contributed by atoms with E-state index in [-0.39, 0.29) is 12.3 Å². The number of aromatic nitrogens is 1. The molecular weight excluding hydrogens is 194 g/mol. The van der Waals surface area contributed by atoms with Gasteiger partial charge in [-0.3, -0.25) is 4.79 Å². The summed E-state index contributed by atoms with van der Waals surface area (Å²) in [6.07, 6.45) is 0.118. The predicted octanol–water partition coefficient (Wildman–Crippen LogP) is 1.98. The van der Waals surface area contributed by atoms with Crippen molar-refractivity contribution in [2.75, 3.05) is 7.11 Å². The lowest BCUT2D eigenvalue weighted by Crippen LogP contribution is -2.04. The van der Waals surface area contributed by atoms with Gasteiger partial charge in [-0.1, -0.05) is 6.92 Å². The second kappa shape index (κ2) is 4.77. The van der Waals surface area contributed by atoms with E-state index in [0.29, 0.717) is 5.88 Å². The zero-order chi connectivity index (χ0) is 11.4. The second-order valence-electron chi connectivity index (χ2n) is 3.58. The first-order chi connectivity index (χ1) is 7.02. The minimum atomic E-state index is -0.795. The molecule has 0 amide bonds. The maximum Gasteiger partial charge on any atom is 0.303 e. The van der Waals surface area contributed by atoms with E-state index in [1.165, 1.54) is 0 Å². The number of hydrogen-bond donors (Lipinski definition) is 1. The van der Waals surface area contributed by atoms with Gasteiger partial charge >= 0.3 is 5.97 Å². The number of methoxy groups -OCH3 is 1. The highest BCUT2D eigenvalue weighted by Gasteiger charge is 2.12. The monoisotopic (exact) mass is 209 g/mol. The predicted molar refractivity (Wildman–Crippen MR) is 56.2 cm³/mol. The molecule has 1 unspecified atom stereocenters. The van der Waals surface area contributed by atoms with Gasteiger partial charge in [-0.2, -0.15) is 0 Å². The number of pyridine rings is 1. The third-order valence-corrected chi connectivity index (χ3v) is 2.21. The standard InChI is InChI=1S/C11H15NO3/c1-7(4-11(13)14)9-5-8(2)12-10(6-9)15-3/h5-7H,4H2,1-3H3,(H,13,14). The van der Waals surface area contributed by atoms with Crippen molar-refractivity contribution in [3.8, 4) is 5.88 Å². The van der Waals surface area contributed by atoms with Crippen LogP contribution in [0.15, 0.2) is 12.1 Å². The average molecular weight is 209 g/mol. The minimum absolute atomic E-state index is 0.0295. The maximum absolute atomic E-state index is 10.6. The van der Waals surface area contributed by atoms with Crippen LogP contribution >= 0.6 is 0 Å². The fourth-order valence-electron chi connectivity index (χ4n) is 1.43. The number of ether oxygens (including phenoxy) is 1. The van der Waals surface area contributed by atoms with E-state index in [2.05, 4.69) is 4.98 Å². The molecule has 0 saturated carbocycles. The molecule has 4 heteroatoms. The minimum Gasteiger partial charge on any atom is -0.481 e. The molecule has 0 fully saturated rings. The second-order valence-corrected chi connectivity index (χ2v) is 3.58. The van der Waals surface area contributed by atoms with Crippen LogP contribution in [-0.4, -0.2) is 23.2 Å². The molecule has 1 atom stereocenters. The van der Waals surface area contributed by atoms with E-state index in [9.17, 15) is 4.79 Å². The van der Waals surface area contributed by atoms with E-state index in [1.54, 1.807) is 13.2 Å². The summed E-state index contributed by atoms with van der Waals surface area (Å²) in [6.45, 7) is 3.74. The van der Waals surface area contributed by atoms with Crippen molar-refractivity contribution in [1.29, 1.82) is 0 Å². The molecule has 1 N–H and O–H groups in total. The van der Waals surface area contributed by atoms with Crippen LogP contribution < -0.4 is 4.74 Å². The molecule has 0 aromatic carbocycles. The molecule has 1 aromatic heterocycles. The number of hydrogen-bond acceptors (Lipinski definition) is 3. The number of aliphatic carboxylic acids is 1. The van der Waals surface area contributed by atoms with Gasteiger partial charge in [-0.25, -0.2) is 4.98 Å². The van der Waals surface area contributed by atoms with Gasteiger partial charge in [0.05, 0.1) is 13.5 Å². The van der Waals surface area contributed by atoms with Gasteiger partial charge < -0.3 is 9.84 Å². The molecule has 0 aliphatic rings. The summed E-state index contributed by atoms with van der Waals surface area (Å²) in [5.74, 6) is -0.295. The number of nitrogens with zero attached hydrogens (tertiary/aromatic N) is 1. The van der Waals surface area contributed by atoms with E-state index < -0.39 is 5.97 Å². The number of carboxylic acids is 1. The van der Waals surface area contributed by atoms with Gasteiger partial charge in [0.25, 0.3) is 0 Å². The van der Waals surface area contributed by atoms with Crippen molar-refractivity contribution in [1.82, 2.24) is 4.98 Å². The third-order valence-electron chi connectivity index (χ3n) is 2.21. The quantitative estimate of drug-likeness (QED) is 0.823. The largest absolute Gasteiger partial charge is 0.481 e. The summed E-state index contributed by atoms with van der Waals surface area (Å²) in [7, 11) is 1.55. The Kier molecular flexibility index (Phi) is 3.66. The summed E-state index contributed by atoms with van der Waals surface area (Å²) in [4.78, 5) is 14.7. The fraction of sp³-hybridized carbons (Fsp3) is 0.455. The van der Waals surface area contributed by atoms with Crippen LogP contribution in [-0.2, 0) is 4.79 Å². The Balaban J connectivity index is 2.92. The summed E-state index contributed by atoms with van der Waals surface area (Å²) < 4.78 is 5.03. The van der Waals surface area contributed by atoms with Gasteiger partial charge in [0.1, 0.15) is 0 Å². The molecule has 0 bridgehead atoms. The average Bonchev–Trinajstić information content (AvgIpc) is 2.15. The highest BCUT2D eigenvalue weighted by molar-refractivity contribution is 5.68. The lowest BCUT2D eigenvalue weighted by molar-refractivity contribution is -0.137. The molecule has 1 aromatic rings. The highest BCUT2D eigenvalue weighted by atomic mass is 16.5. The lowest BCUT2D eigenvalue weighted by atomic mass is 9.98. The van der Waals surface area contributed by atoms with E-state index >= 15 is 0 Å².